The number of amides is 1. The molecule has 1 heterocycles. The number of hydrogen-bond acceptors (Lipinski definition) is 4. The molecule has 2 aromatic carbocycles. The van der Waals surface area contributed by atoms with E-state index >= 15 is 0 Å². The molecular formula is C24H32FN5O2. The van der Waals surface area contributed by atoms with E-state index in [0.29, 0.717) is 38.6 Å². The molecule has 2 aromatic rings. The van der Waals surface area contributed by atoms with E-state index in [1.807, 2.05) is 36.1 Å². The van der Waals surface area contributed by atoms with Crippen molar-refractivity contribution in [3.05, 3.63) is 59.9 Å². The molecule has 32 heavy (non-hydrogen) atoms. The van der Waals surface area contributed by atoms with Crippen molar-refractivity contribution in [3.63, 3.8) is 0 Å². The smallest absolute Gasteiger partial charge is 0.224 e. The van der Waals surface area contributed by atoms with Gasteiger partial charge in [0.15, 0.2) is 5.96 Å². The number of piperazine rings is 1. The van der Waals surface area contributed by atoms with Crippen molar-refractivity contribution in [3.8, 4) is 5.75 Å². The Morgan fingerprint density at radius 1 is 1.06 bits per heavy atom. The number of hydrogen-bond donors (Lipinski definition) is 2. The van der Waals surface area contributed by atoms with Crippen molar-refractivity contribution in [1.82, 2.24) is 15.5 Å². The molecule has 1 fully saturated rings. The van der Waals surface area contributed by atoms with Crippen LogP contribution >= 0.6 is 0 Å². The third-order valence-corrected chi connectivity index (χ3v) is 5.40. The molecule has 1 aliphatic heterocycles. The minimum Gasteiger partial charge on any atom is -0.496 e. The van der Waals surface area contributed by atoms with Crippen LogP contribution in [-0.2, 0) is 11.3 Å². The first-order chi connectivity index (χ1) is 15.6. The molecule has 0 spiro atoms. The first-order valence-corrected chi connectivity index (χ1v) is 11.0. The maximum atomic E-state index is 13.1. The van der Waals surface area contributed by atoms with Gasteiger partial charge in [0, 0.05) is 56.9 Å². The number of halogens is 1. The standard InChI is InChI=1S/C24H32FN5O2/c1-3-26-24(28-18-19-6-4-5-7-22(19)32-2)27-13-12-23(31)30-16-14-29(15-17-30)21-10-8-20(25)9-11-21/h4-11H,3,12-18H2,1-2H3,(H2,26,27,28). The van der Waals surface area contributed by atoms with Crippen molar-refractivity contribution in [2.45, 2.75) is 19.9 Å². The summed E-state index contributed by atoms with van der Waals surface area (Å²) in [4.78, 5) is 21.3. The van der Waals surface area contributed by atoms with Crippen molar-refractivity contribution in [1.29, 1.82) is 0 Å². The zero-order valence-electron chi connectivity index (χ0n) is 18.8. The summed E-state index contributed by atoms with van der Waals surface area (Å²) in [6.07, 6.45) is 0.398. The van der Waals surface area contributed by atoms with Crippen LogP contribution in [0.2, 0.25) is 0 Å². The molecule has 0 bridgehead atoms. The van der Waals surface area contributed by atoms with Crippen LogP contribution in [0.25, 0.3) is 0 Å². The molecule has 0 aliphatic carbocycles. The topological polar surface area (TPSA) is 69.2 Å². The Balaban J connectivity index is 1.44. The summed E-state index contributed by atoms with van der Waals surface area (Å²) in [6.45, 7) is 6.55. The minimum atomic E-state index is -0.238. The molecule has 3 rings (SSSR count). The Morgan fingerprint density at radius 2 is 1.78 bits per heavy atom. The van der Waals surface area contributed by atoms with Crippen LogP contribution in [0, 0.1) is 5.82 Å². The number of nitrogens with one attached hydrogen (secondary N) is 2. The molecule has 0 radical (unpaired) electrons. The maximum absolute atomic E-state index is 13.1. The summed E-state index contributed by atoms with van der Waals surface area (Å²) in [5.74, 6) is 1.37. The van der Waals surface area contributed by atoms with E-state index in [0.717, 1.165) is 36.6 Å². The average Bonchev–Trinajstić information content (AvgIpc) is 2.83. The van der Waals surface area contributed by atoms with Crippen LogP contribution < -0.4 is 20.3 Å². The fourth-order valence-corrected chi connectivity index (χ4v) is 3.65. The highest BCUT2D eigenvalue weighted by Gasteiger charge is 2.21. The largest absolute Gasteiger partial charge is 0.496 e. The molecule has 172 valence electrons. The van der Waals surface area contributed by atoms with E-state index in [4.69, 9.17) is 4.74 Å². The highest BCUT2D eigenvalue weighted by molar-refractivity contribution is 5.81. The van der Waals surface area contributed by atoms with Gasteiger partial charge >= 0.3 is 0 Å². The highest BCUT2D eigenvalue weighted by Crippen LogP contribution is 2.18. The van der Waals surface area contributed by atoms with Gasteiger partial charge in [-0.05, 0) is 37.3 Å². The highest BCUT2D eigenvalue weighted by atomic mass is 19.1. The predicted molar refractivity (Wildman–Crippen MR) is 126 cm³/mol. The van der Waals surface area contributed by atoms with Gasteiger partial charge < -0.3 is 25.2 Å². The molecule has 2 N–H and O–H groups in total. The molecule has 0 aromatic heterocycles. The molecule has 0 unspecified atom stereocenters. The molecule has 1 aliphatic rings. The SMILES string of the molecule is CCNC(=NCc1ccccc1OC)NCCC(=O)N1CCN(c2ccc(F)cc2)CC1. The van der Waals surface area contributed by atoms with Gasteiger partial charge in [0.05, 0.1) is 13.7 Å². The van der Waals surface area contributed by atoms with Gasteiger partial charge in [-0.2, -0.15) is 0 Å². The zero-order chi connectivity index (χ0) is 22.8. The number of aliphatic imine (C=N–C) groups is 1. The van der Waals surface area contributed by atoms with Gasteiger partial charge in [0.1, 0.15) is 11.6 Å². The van der Waals surface area contributed by atoms with E-state index in [1.165, 1.54) is 12.1 Å². The maximum Gasteiger partial charge on any atom is 0.224 e. The predicted octanol–water partition coefficient (Wildman–Crippen LogP) is 2.63. The molecule has 7 nitrogen and oxygen atoms in total. The monoisotopic (exact) mass is 441 g/mol. The van der Waals surface area contributed by atoms with E-state index < -0.39 is 0 Å². The molecule has 8 heteroatoms. The number of para-hydroxylation sites is 1. The average molecular weight is 442 g/mol. The number of carbonyl (C=O) groups excluding carboxylic acids is 1. The third kappa shape index (κ3) is 6.60. The molecule has 0 saturated carbocycles. The Kier molecular flexibility index (Phi) is 8.71. The quantitative estimate of drug-likeness (QED) is 0.487. The van der Waals surface area contributed by atoms with Gasteiger partial charge in [-0.15, -0.1) is 0 Å². The van der Waals surface area contributed by atoms with Crippen molar-refractivity contribution in [2.75, 3.05) is 51.3 Å². The number of methoxy groups -OCH3 is 1. The van der Waals surface area contributed by atoms with Gasteiger partial charge in [0.25, 0.3) is 0 Å². The Labute approximate surface area is 189 Å². The second-order valence-corrected chi connectivity index (χ2v) is 7.53. The lowest BCUT2D eigenvalue weighted by Gasteiger charge is -2.36. The second kappa shape index (κ2) is 11.9. The number of carbonyl (C=O) groups is 1. The van der Waals surface area contributed by atoms with Gasteiger partial charge in [-0.3, -0.25) is 4.79 Å². The summed E-state index contributed by atoms with van der Waals surface area (Å²) < 4.78 is 18.5. The number of anilines is 1. The lowest BCUT2D eigenvalue weighted by molar-refractivity contribution is -0.131. The van der Waals surface area contributed by atoms with E-state index in [1.54, 1.807) is 19.2 Å². The number of nitrogens with zero attached hydrogens (tertiary/aromatic N) is 3. The first-order valence-electron chi connectivity index (χ1n) is 11.0. The number of rotatable bonds is 8. The lowest BCUT2D eigenvalue weighted by Crippen LogP contribution is -2.49. The van der Waals surface area contributed by atoms with Crippen molar-refractivity contribution in [2.24, 2.45) is 4.99 Å². The van der Waals surface area contributed by atoms with Crippen molar-refractivity contribution < 1.29 is 13.9 Å². The molecule has 0 atom stereocenters. The normalized spacial score (nSPS) is 14.3. The lowest BCUT2D eigenvalue weighted by atomic mass is 10.2. The first kappa shape index (κ1) is 23.4. The Bertz CT molecular complexity index is 896. The summed E-state index contributed by atoms with van der Waals surface area (Å²) >= 11 is 0. The molecule has 1 saturated heterocycles. The van der Waals surface area contributed by atoms with E-state index in [2.05, 4.69) is 20.5 Å². The minimum absolute atomic E-state index is 0.122. The van der Waals surface area contributed by atoms with Crippen LogP contribution in [0.4, 0.5) is 10.1 Å². The van der Waals surface area contributed by atoms with Crippen LogP contribution in [-0.4, -0.2) is 63.1 Å². The number of benzene rings is 2. The van der Waals surface area contributed by atoms with Crippen molar-refractivity contribution >= 4 is 17.6 Å². The van der Waals surface area contributed by atoms with Crippen LogP contribution in [0.15, 0.2) is 53.5 Å². The summed E-state index contributed by atoms with van der Waals surface area (Å²) in [5, 5.41) is 6.45. The second-order valence-electron chi connectivity index (χ2n) is 7.53. The van der Waals surface area contributed by atoms with Gasteiger partial charge in [0.2, 0.25) is 5.91 Å². The van der Waals surface area contributed by atoms with Gasteiger partial charge in [-0.1, -0.05) is 18.2 Å². The zero-order valence-corrected chi connectivity index (χ0v) is 18.8. The summed E-state index contributed by atoms with van der Waals surface area (Å²) in [5.41, 5.74) is 1.99. The molecule has 1 amide bonds. The van der Waals surface area contributed by atoms with Gasteiger partial charge in [-0.25, -0.2) is 9.38 Å². The Hall–Kier alpha value is -3.29. The van der Waals surface area contributed by atoms with Crippen LogP contribution in [0.5, 0.6) is 5.75 Å². The number of ether oxygens (including phenoxy) is 1. The molecular weight excluding hydrogens is 409 g/mol. The fraction of sp³-hybridized carbons (Fsp3) is 0.417. The fourth-order valence-electron chi connectivity index (χ4n) is 3.65. The Morgan fingerprint density at radius 3 is 2.47 bits per heavy atom. The van der Waals surface area contributed by atoms with E-state index in [-0.39, 0.29) is 11.7 Å². The summed E-state index contributed by atoms with van der Waals surface area (Å²) in [7, 11) is 1.65. The summed E-state index contributed by atoms with van der Waals surface area (Å²) in [6, 6.07) is 14.3. The van der Waals surface area contributed by atoms with E-state index in [9.17, 15) is 9.18 Å². The van der Waals surface area contributed by atoms with Crippen LogP contribution in [0.3, 0.4) is 0 Å². The number of guanidine groups is 1. The van der Waals surface area contributed by atoms with Crippen LogP contribution in [0.1, 0.15) is 18.9 Å². The third-order valence-electron chi connectivity index (χ3n) is 5.40.